The third kappa shape index (κ3) is 1.65. The third-order valence-electron chi connectivity index (χ3n) is 4.18. The van der Waals surface area contributed by atoms with Crippen LogP contribution in [0.3, 0.4) is 0 Å². The molecule has 4 aromatic rings. The average molecular weight is 290 g/mol. The van der Waals surface area contributed by atoms with Crippen LogP contribution < -0.4 is 5.63 Å². The molecule has 1 N–H and O–H groups in total. The summed E-state index contributed by atoms with van der Waals surface area (Å²) in [5, 5.41) is 14.1. The zero-order valence-corrected chi connectivity index (χ0v) is 12.3. The Labute approximate surface area is 126 Å². The van der Waals surface area contributed by atoms with Crippen LogP contribution in [0.15, 0.2) is 51.7 Å². The maximum absolute atomic E-state index is 12.3. The van der Waals surface area contributed by atoms with Crippen molar-refractivity contribution in [2.24, 2.45) is 0 Å². The number of rotatable bonds is 0. The molecule has 0 bridgehead atoms. The highest BCUT2D eigenvalue weighted by molar-refractivity contribution is 6.14. The average Bonchev–Trinajstić information content (AvgIpc) is 2.48. The number of benzene rings is 3. The highest BCUT2D eigenvalue weighted by atomic mass is 16.4. The van der Waals surface area contributed by atoms with E-state index in [4.69, 9.17) is 4.42 Å². The molecule has 0 aliphatic rings. The molecule has 0 fully saturated rings. The van der Waals surface area contributed by atoms with Crippen LogP contribution in [-0.2, 0) is 0 Å². The third-order valence-corrected chi connectivity index (χ3v) is 4.18. The van der Waals surface area contributed by atoms with E-state index >= 15 is 0 Å². The van der Waals surface area contributed by atoms with E-state index in [1.807, 2.05) is 50.2 Å². The van der Waals surface area contributed by atoms with Crippen LogP contribution in [0.4, 0.5) is 0 Å². The van der Waals surface area contributed by atoms with Gasteiger partial charge in [0.15, 0.2) is 0 Å². The molecule has 1 aromatic heterocycles. The molecule has 0 spiro atoms. The second-order valence-electron chi connectivity index (χ2n) is 5.71. The second kappa shape index (κ2) is 4.34. The smallest absolute Gasteiger partial charge is 0.348 e. The highest BCUT2D eigenvalue weighted by Gasteiger charge is 2.15. The van der Waals surface area contributed by atoms with Gasteiger partial charge in [-0.25, -0.2) is 4.79 Å². The van der Waals surface area contributed by atoms with Crippen molar-refractivity contribution in [3.8, 4) is 5.75 Å². The molecule has 0 radical (unpaired) electrons. The van der Waals surface area contributed by atoms with Gasteiger partial charge in [0.2, 0.25) is 0 Å². The molecule has 3 aromatic carbocycles. The maximum atomic E-state index is 12.3. The van der Waals surface area contributed by atoms with E-state index in [9.17, 15) is 9.90 Å². The van der Waals surface area contributed by atoms with Crippen LogP contribution in [0.1, 0.15) is 11.1 Å². The first-order valence-corrected chi connectivity index (χ1v) is 7.15. The first-order valence-electron chi connectivity index (χ1n) is 7.15. The molecule has 0 saturated heterocycles. The van der Waals surface area contributed by atoms with E-state index in [0.29, 0.717) is 11.0 Å². The van der Waals surface area contributed by atoms with Crippen LogP contribution in [0, 0.1) is 13.8 Å². The standard InChI is InChI=1S/C19H14O3/c1-10-6-7-15-13(8-10)14-9-12-5-3-4-11(2)16(12)18(20)17(14)19(21)22-15/h3-9,20H,1-2H3. The number of hydrogen-bond acceptors (Lipinski definition) is 3. The minimum atomic E-state index is -0.506. The number of phenolic OH excluding ortho intramolecular Hbond substituents is 1. The van der Waals surface area contributed by atoms with Gasteiger partial charge in [-0.3, -0.25) is 0 Å². The van der Waals surface area contributed by atoms with E-state index in [1.165, 1.54) is 0 Å². The molecular weight excluding hydrogens is 276 g/mol. The molecule has 0 unspecified atom stereocenters. The van der Waals surface area contributed by atoms with Crippen LogP contribution in [0.5, 0.6) is 5.75 Å². The van der Waals surface area contributed by atoms with E-state index < -0.39 is 5.63 Å². The molecule has 4 rings (SSSR count). The van der Waals surface area contributed by atoms with Crippen molar-refractivity contribution in [3.05, 3.63) is 64.0 Å². The molecule has 0 atom stereocenters. The number of hydrogen-bond donors (Lipinski definition) is 1. The van der Waals surface area contributed by atoms with Crippen LogP contribution in [0.2, 0.25) is 0 Å². The van der Waals surface area contributed by atoms with Gasteiger partial charge in [0, 0.05) is 16.2 Å². The Bertz CT molecular complexity index is 1120. The predicted octanol–water partition coefficient (Wildman–Crippen LogP) is 4.42. The minimum Gasteiger partial charge on any atom is -0.506 e. The lowest BCUT2D eigenvalue weighted by Crippen LogP contribution is -2.01. The Kier molecular flexibility index (Phi) is 2.54. The normalized spacial score (nSPS) is 11.5. The Morgan fingerprint density at radius 2 is 1.77 bits per heavy atom. The van der Waals surface area contributed by atoms with Gasteiger partial charge >= 0.3 is 5.63 Å². The molecule has 22 heavy (non-hydrogen) atoms. The molecule has 1 heterocycles. The van der Waals surface area contributed by atoms with Gasteiger partial charge in [0.1, 0.15) is 16.7 Å². The van der Waals surface area contributed by atoms with Crippen molar-refractivity contribution >= 4 is 32.5 Å². The van der Waals surface area contributed by atoms with Gasteiger partial charge in [-0.1, -0.05) is 29.8 Å². The van der Waals surface area contributed by atoms with Crippen LogP contribution in [0.25, 0.3) is 32.5 Å². The highest BCUT2D eigenvalue weighted by Crippen LogP contribution is 2.37. The van der Waals surface area contributed by atoms with Crippen molar-refractivity contribution in [2.45, 2.75) is 13.8 Å². The summed E-state index contributed by atoms with van der Waals surface area (Å²) >= 11 is 0. The topological polar surface area (TPSA) is 50.4 Å². The fourth-order valence-electron chi connectivity index (χ4n) is 3.13. The van der Waals surface area contributed by atoms with E-state index in [-0.39, 0.29) is 11.1 Å². The molecule has 3 nitrogen and oxygen atoms in total. The molecule has 0 saturated carbocycles. The molecule has 0 aliphatic heterocycles. The summed E-state index contributed by atoms with van der Waals surface area (Å²) in [6.45, 7) is 3.90. The van der Waals surface area contributed by atoms with Crippen molar-refractivity contribution in [2.75, 3.05) is 0 Å². The van der Waals surface area contributed by atoms with Gasteiger partial charge in [0.25, 0.3) is 0 Å². The fraction of sp³-hybridized carbons (Fsp3) is 0.105. The molecule has 3 heteroatoms. The summed E-state index contributed by atoms with van der Waals surface area (Å²) in [7, 11) is 0. The lowest BCUT2D eigenvalue weighted by Gasteiger charge is -2.10. The van der Waals surface area contributed by atoms with E-state index in [1.54, 1.807) is 6.07 Å². The summed E-state index contributed by atoms with van der Waals surface area (Å²) in [5.74, 6) is 0.00255. The molecule has 0 aliphatic carbocycles. The Balaban J connectivity index is 2.37. The van der Waals surface area contributed by atoms with E-state index in [2.05, 4.69) is 0 Å². The van der Waals surface area contributed by atoms with Crippen molar-refractivity contribution in [3.63, 3.8) is 0 Å². The minimum absolute atomic E-state index is 0.00255. The number of aromatic hydroxyl groups is 1. The van der Waals surface area contributed by atoms with Gasteiger partial charge in [-0.05, 0) is 43.0 Å². The first-order chi connectivity index (χ1) is 10.6. The molecular formula is C19H14O3. The number of aryl methyl sites for hydroxylation is 2. The second-order valence-corrected chi connectivity index (χ2v) is 5.71. The summed E-state index contributed by atoms with van der Waals surface area (Å²) < 4.78 is 5.38. The Morgan fingerprint density at radius 3 is 2.59 bits per heavy atom. The summed E-state index contributed by atoms with van der Waals surface area (Å²) in [4.78, 5) is 12.3. The van der Waals surface area contributed by atoms with Crippen LogP contribution >= 0.6 is 0 Å². The van der Waals surface area contributed by atoms with Crippen molar-refractivity contribution < 1.29 is 9.52 Å². The number of fused-ring (bicyclic) bond motifs is 4. The molecule has 108 valence electrons. The van der Waals surface area contributed by atoms with Crippen molar-refractivity contribution in [1.29, 1.82) is 0 Å². The summed E-state index contributed by atoms with van der Waals surface area (Å²) in [6.07, 6.45) is 0. The maximum Gasteiger partial charge on any atom is 0.348 e. The Morgan fingerprint density at radius 1 is 0.955 bits per heavy atom. The fourth-order valence-corrected chi connectivity index (χ4v) is 3.13. The Hall–Kier alpha value is -2.81. The van der Waals surface area contributed by atoms with Gasteiger partial charge < -0.3 is 9.52 Å². The van der Waals surface area contributed by atoms with Gasteiger partial charge in [-0.2, -0.15) is 0 Å². The zero-order valence-electron chi connectivity index (χ0n) is 12.3. The first kappa shape index (κ1) is 12.9. The van der Waals surface area contributed by atoms with Gasteiger partial charge in [-0.15, -0.1) is 0 Å². The zero-order chi connectivity index (χ0) is 15.4. The van der Waals surface area contributed by atoms with E-state index in [0.717, 1.165) is 27.3 Å². The lowest BCUT2D eigenvalue weighted by molar-refractivity contribution is 0.483. The summed E-state index contributed by atoms with van der Waals surface area (Å²) in [5.41, 5.74) is 2.04. The number of phenols is 1. The largest absolute Gasteiger partial charge is 0.506 e. The quantitative estimate of drug-likeness (QED) is 0.296. The van der Waals surface area contributed by atoms with Crippen molar-refractivity contribution in [1.82, 2.24) is 0 Å². The molecule has 0 amide bonds. The van der Waals surface area contributed by atoms with Gasteiger partial charge in [0.05, 0.1) is 0 Å². The summed E-state index contributed by atoms with van der Waals surface area (Å²) in [6, 6.07) is 13.4. The lowest BCUT2D eigenvalue weighted by atomic mass is 9.97. The van der Waals surface area contributed by atoms with Crippen LogP contribution in [-0.4, -0.2) is 5.11 Å². The monoisotopic (exact) mass is 290 g/mol. The predicted molar refractivity (Wildman–Crippen MR) is 88.6 cm³/mol. The SMILES string of the molecule is Cc1ccc2oc(=O)c3c(O)c4c(C)cccc4cc3c2c1.